The monoisotopic (exact) mass is 351 g/mol. The quantitative estimate of drug-likeness (QED) is 0.825. The van der Waals surface area contributed by atoms with Crippen LogP contribution in [0.3, 0.4) is 0 Å². The predicted molar refractivity (Wildman–Crippen MR) is 91.1 cm³/mol. The number of anilines is 1. The first kappa shape index (κ1) is 17.3. The summed E-state index contributed by atoms with van der Waals surface area (Å²) in [5, 5.41) is 3.41. The van der Waals surface area contributed by atoms with Gasteiger partial charge in [-0.15, -0.1) is 0 Å². The molecule has 0 saturated heterocycles. The van der Waals surface area contributed by atoms with E-state index in [1.807, 2.05) is 13.0 Å². The Balaban J connectivity index is 2.01. The summed E-state index contributed by atoms with van der Waals surface area (Å²) in [5.74, 6) is -1.02. The molecule has 0 aliphatic rings. The van der Waals surface area contributed by atoms with E-state index in [9.17, 15) is 9.59 Å². The average Bonchev–Trinajstić information content (AvgIpc) is 2.45. The Kier molecular flexibility index (Phi) is 5.64. The molecule has 23 heavy (non-hydrogen) atoms. The van der Waals surface area contributed by atoms with E-state index in [0.717, 1.165) is 5.56 Å². The number of hydrogen-bond acceptors (Lipinski definition) is 3. The van der Waals surface area contributed by atoms with Crippen molar-refractivity contribution in [2.24, 2.45) is 0 Å². The SMILES string of the molecule is Cc1cccc(C(=O)O[C@@H](C)C(=O)Nc2cc(Cl)cc(Cl)c2)c1. The zero-order valence-corrected chi connectivity index (χ0v) is 14.1. The Hall–Kier alpha value is -2.04. The highest BCUT2D eigenvalue weighted by Gasteiger charge is 2.19. The summed E-state index contributed by atoms with van der Waals surface area (Å²) >= 11 is 11.7. The normalized spacial score (nSPS) is 11.7. The maximum atomic E-state index is 12.1. The number of aryl methyl sites for hydroxylation is 1. The molecule has 2 rings (SSSR count). The maximum absolute atomic E-state index is 12.1. The van der Waals surface area contributed by atoms with Crippen LogP contribution in [0.15, 0.2) is 42.5 Å². The van der Waals surface area contributed by atoms with Crippen LogP contribution < -0.4 is 5.32 Å². The summed E-state index contributed by atoms with van der Waals surface area (Å²) < 4.78 is 5.17. The number of carbonyl (C=O) groups excluding carboxylic acids is 2. The first-order valence-corrected chi connectivity index (χ1v) is 7.65. The molecule has 0 unspecified atom stereocenters. The summed E-state index contributed by atoms with van der Waals surface area (Å²) in [7, 11) is 0. The first-order chi connectivity index (χ1) is 10.8. The zero-order chi connectivity index (χ0) is 17.0. The number of rotatable bonds is 4. The standard InChI is InChI=1S/C17H15Cl2NO3/c1-10-4-3-5-12(6-10)17(22)23-11(2)16(21)20-15-8-13(18)7-14(19)9-15/h3-9,11H,1-2H3,(H,20,21)/t11-/m0/s1. The highest BCUT2D eigenvalue weighted by molar-refractivity contribution is 6.35. The lowest BCUT2D eigenvalue weighted by Gasteiger charge is -2.14. The van der Waals surface area contributed by atoms with Gasteiger partial charge in [0, 0.05) is 15.7 Å². The third kappa shape index (κ3) is 4.98. The highest BCUT2D eigenvalue weighted by Crippen LogP contribution is 2.22. The number of benzene rings is 2. The Bertz CT molecular complexity index is 726. The Labute approximate surface area is 144 Å². The molecule has 0 bridgehead atoms. The van der Waals surface area contributed by atoms with E-state index >= 15 is 0 Å². The van der Waals surface area contributed by atoms with Crippen molar-refractivity contribution in [1.29, 1.82) is 0 Å². The molecular weight excluding hydrogens is 337 g/mol. The second kappa shape index (κ2) is 7.49. The molecule has 0 aromatic heterocycles. The van der Waals surface area contributed by atoms with Crippen LogP contribution in [0, 0.1) is 6.92 Å². The first-order valence-electron chi connectivity index (χ1n) is 6.90. The molecule has 6 heteroatoms. The minimum atomic E-state index is -0.958. The fourth-order valence-electron chi connectivity index (χ4n) is 1.92. The Morgan fingerprint density at radius 3 is 2.35 bits per heavy atom. The zero-order valence-electron chi connectivity index (χ0n) is 12.6. The number of amides is 1. The predicted octanol–water partition coefficient (Wildman–Crippen LogP) is 4.49. The molecule has 1 atom stereocenters. The van der Waals surface area contributed by atoms with Crippen LogP contribution in [0.1, 0.15) is 22.8 Å². The van der Waals surface area contributed by atoms with Crippen LogP contribution in [0.5, 0.6) is 0 Å². The van der Waals surface area contributed by atoms with Gasteiger partial charge in [-0.05, 0) is 44.2 Å². The average molecular weight is 352 g/mol. The van der Waals surface area contributed by atoms with Gasteiger partial charge in [-0.1, -0.05) is 40.9 Å². The Morgan fingerprint density at radius 1 is 1.09 bits per heavy atom. The van der Waals surface area contributed by atoms with Gasteiger partial charge in [-0.25, -0.2) is 4.79 Å². The fourth-order valence-corrected chi connectivity index (χ4v) is 2.45. The van der Waals surface area contributed by atoms with Gasteiger partial charge in [0.15, 0.2) is 6.10 Å². The molecule has 0 fully saturated rings. The molecule has 0 radical (unpaired) electrons. The lowest BCUT2D eigenvalue weighted by molar-refractivity contribution is -0.123. The molecule has 2 aromatic rings. The van der Waals surface area contributed by atoms with Gasteiger partial charge in [0.1, 0.15) is 0 Å². The van der Waals surface area contributed by atoms with Crippen LogP contribution in [-0.4, -0.2) is 18.0 Å². The van der Waals surface area contributed by atoms with Crippen molar-refractivity contribution >= 4 is 40.8 Å². The molecule has 0 aliphatic carbocycles. The smallest absolute Gasteiger partial charge is 0.338 e. The summed E-state index contributed by atoms with van der Waals surface area (Å²) in [5.41, 5.74) is 1.77. The molecule has 0 spiro atoms. The fraction of sp³-hybridized carbons (Fsp3) is 0.176. The summed E-state index contributed by atoms with van der Waals surface area (Å²) in [6, 6.07) is 11.6. The van der Waals surface area contributed by atoms with Gasteiger partial charge >= 0.3 is 5.97 Å². The van der Waals surface area contributed by atoms with Crippen molar-refractivity contribution < 1.29 is 14.3 Å². The minimum Gasteiger partial charge on any atom is -0.449 e. The molecule has 0 heterocycles. The molecule has 4 nitrogen and oxygen atoms in total. The van der Waals surface area contributed by atoms with Crippen molar-refractivity contribution in [3.8, 4) is 0 Å². The van der Waals surface area contributed by atoms with Gasteiger partial charge in [0.25, 0.3) is 5.91 Å². The van der Waals surface area contributed by atoms with Gasteiger partial charge in [0.2, 0.25) is 0 Å². The third-order valence-electron chi connectivity index (χ3n) is 3.04. The van der Waals surface area contributed by atoms with Crippen molar-refractivity contribution in [2.45, 2.75) is 20.0 Å². The number of carbonyl (C=O) groups is 2. The van der Waals surface area contributed by atoms with E-state index in [1.165, 1.54) is 6.92 Å². The second-order valence-electron chi connectivity index (χ2n) is 5.06. The molecule has 2 aromatic carbocycles. The number of hydrogen-bond donors (Lipinski definition) is 1. The molecule has 1 amide bonds. The van der Waals surface area contributed by atoms with Gasteiger partial charge in [-0.3, -0.25) is 4.79 Å². The number of halogens is 2. The van der Waals surface area contributed by atoms with Crippen LogP contribution in [0.4, 0.5) is 5.69 Å². The number of esters is 1. The van der Waals surface area contributed by atoms with Crippen molar-refractivity contribution in [2.75, 3.05) is 5.32 Å². The second-order valence-corrected chi connectivity index (χ2v) is 5.94. The summed E-state index contributed by atoms with van der Waals surface area (Å²) in [6.45, 7) is 3.37. The third-order valence-corrected chi connectivity index (χ3v) is 3.47. The molecule has 0 aliphatic heterocycles. The minimum absolute atomic E-state index is 0.399. The topological polar surface area (TPSA) is 55.4 Å². The Morgan fingerprint density at radius 2 is 1.74 bits per heavy atom. The molecule has 0 saturated carbocycles. The van der Waals surface area contributed by atoms with E-state index in [0.29, 0.717) is 21.3 Å². The molecule has 1 N–H and O–H groups in total. The van der Waals surface area contributed by atoms with Gasteiger partial charge < -0.3 is 10.1 Å². The largest absolute Gasteiger partial charge is 0.449 e. The van der Waals surface area contributed by atoms with Crippen LogP contribution in [-0.2, 0) is 9.53 Å². The number of ether oxygens (including phenoxy) is 1. The highest BCUT2D eigenvalue weighted by atomic mass is 35.5. The number of nitrogens with one attached hydrogen (secondary N) is 1. The summed E-state index contributed by atoms with van der Waals surface area (Å²) in [6.07, 6.45) is -0.958. The van der Waals surface area contributed by atoms with E-state index in [1.54, 1.807) is 36.4 Å². The summed E-state index contributed by atoms with van der Waals surface area (Å²) in [4.78, 5) is 24.1. The lowest BCUT2D eigenvalue weighted by atomic mass is 10.1. The lowest BCUT2D eigenvalue weighted by Crippen LogP contribution is -2.30. The van der Waals surface area contributed by atoms with E-state index in [4.69, 9.17) is 27.9 Å². The maximum Gasteiger partial charge on any atom is 0.338 e. The van der Waals surface area contributed by atoms with Gasteiger partial charge in [0.05, 0.1) is 5.56 Å². The van der Waals surface area contributed by atoms with E-state index < -0.39 is 18.0 Å². The van der Waals surface area contributed by atoms with E-state index in [-0.39, 0.29) is 0 Å². The van der Waals surface area contributed by atoms with Gasteiger partial charge in [-0.2, -0.15) is 0 Å². The van der Waals surface area contributed by atoms with E-state index in [2.05, 4.69) is 5.32 Å². The van der Waals surface area contributed by atoms with Crippen molar-refractivity contribution in [3.63, 3.8) is 0 Å². The molecular formula is C17H15Cl2NO3. The van der Waals surface area contributed by atoms with Crippen molar-refractivity contribution in [3.05, 3.63) is 63.6 Å². The van der Waals surface area contributed by atoms with Crippen molar-refractivity contribution in [1.82, 2.24) is 0 Å². The van der Waals surface area contributed by atoms with Crippen LogP contribution >= 0.6 is 23.2 Å². The van der Waals surface area contributed by atoms with Crippen LogP contribution in [0.25, 0.3) is 0 Å². The van der Waals surface area contributed by atoms with Crippen LogP contribution in [0.2, 0.25) is 10.0 Å². The molecule has 120 valence electrons.